The second kappa shape index (κ2) is 8.09. The quantitative estimate of drug-likeness (QED) is 0.623. The number of methoxy groups -OCH3 is 1. The zero-order valence-corrected chi connectivity index (χ0v) is 13.5. The van der Waals surface area contributed by atoms with Gasteiger partial charge in [-0.25, -0.2) is 0 Å². The molecular formula is C20H18O4. The molecule has 1 aliphatic heterocycles. The van der Waals surface area contributed by atoms with Crippen LogP contribution in [0.25, 0.3) is 6.08 Å². The van der Waals surface area contributed by atoms with E-state index in [0.29, 0.717) is 13.2 Å². The van der Waals surface area contributed by atoms with E-state index in [2.05, 4.69) is 11.8 Å². The molecule has 24 heavy (non-hydrogen) atoms. The van der Waals surface area contributed by atoms with Crippen molar-refractivity contribution >= 4 is 6.08 Å². The van der Waals surface area contributed by atoms with Crippen LogP contribution in [0.5, 0.6) is 17.2 Å². The van der Waals surface area contributed by atoms with Crippen LogP contribution in [0.15, 0.2) is 48.5 Å². The molecule has 1 aliphatic rings. The van der Waals surface area contributed by atoms with Gasteiger partial charge >= 0.3 is 0 Å². The molecule has 2 aromatic rings. The number of hydrogen-bond acceptors (Lipinski definition) is 4. The molecule has 4 heteroatoms. The van der Waals surface area contributed by atoms with Crippen molar-refractivity contribution in [2.24, 2.45) is 0 Å². The third-order valence-corrected chi connectivity index (χ3v) is 3.40. The smallest absolute Gasteiger partial charge is 0.231 e. The number of hydrogen-bond donors (Lipinski definition) is 0. The van der Waals surface area contributed by atoms with Crippen molar-refractivity contribution in [3.63, 3.8) is 0 Å². The van der Waals surface area contributed by atoms with Crippen LogP contribution < -0.4 is 14.2 Å². The van der Waals surface area contributed by atoms with E-state index >= 15 is 0 Å². The monoisotopic (exact) mass is 322 g/mol. The van der Waals surface area contributed by atoms with Gasteiger partial charge in [0.15, 0.2) is 11.5 Å². The maximum Gasteiger partial charge on any atom is 0.231 e. The number of rotatable bonds is 5. The molecule has 4 nitrogen and oxygen atoms in total. The fraction of sp³-hybridized carbons (Fsp3) is 0.200. The first-order chi connectivity index (χ1) is 11.8. The Balaban J connectivity index is 1.43. The number of fused-ring (bicyclic) bond motifs is 1. The standard InChI is InChI=1S/C20H18O4/c1-21-18-8-2-5-16(13-18)6-3-11-22-12-4-7-17-9-10-19-20(14-17)24-15-23-19/h2-3,5-6,8-10,13-14H,11-12,15H2,1H3/b6-3+. The zero-order chi connectivity index (χ0) is 16.6. The minimum absolute atomic E-state index is 0.273. The van der Waals surface area contributed by atoms with Gasteiger partial charge in [-0.2, -0.15) is 0 Å². The van der Waals surface area contributed by atoms with Gasteiger partial charge in [0.05, 0.1) is 13.7 Å². The minimum atomic E-state index is 0.273. The average molecular weight is 322 g/mol. The van der Waals surface area contributed by atoms with Gasteiger partial charge < -0.3 is 18.9 Å². The van der Waals surface area contributed by atoms with E-state index in [4.69, 9.17) is 18.9 Å². The highest BCUT2D eigenvalue weighted by Crippen LogP contribution is 2.32. The average Bonchev–Trinajstić information content (AvgIpc) is 3.09. The minimum Gasteiger partial charge on any atom is -0.497 e. The van der Waals surface area contributed by atoms with Crippen LogP contribution in [0.2, 0.25) is 0 Å². The molecular weight excluding hydrogens is 304 g/mol. The maximum atomic E-state index is 5.48. The highest BCUT2D eigenvalue weighted by molar-refractivity contribution is 5.52. The second-order valence-corrected chi connectivity index (χ2v) is 5.06. The Labute approximate surface area is 141 Å². The molecule has 0 unspecified atom stereocenters. The van der Waals surface area contributed by atoms with Crippen molar-refractivity contribution in [1.29, 1.82) is 0 Å². The molecule has 0 bridgehead atoms. The van der Waals surface area contributed by atoms with E-state index in [-0.39, 0.29) is 6.79 Å². The van der Waals surface area contributed by atoms with Crippen LogP contribution in [0.3, 0.4) is 0 Å². The van der Waals surface area contributed by atoms with Crippen LogP contribution in [0.1, 0.15) is 11.1 Å². The molecule has 1 heterocycles. The van der Waals surface area contributed by atoms with Crippen molar-refractivity contribution in [3.8, 4) is 29.1 Å². The molecule has 0 atom stereocenters. The fourth-order valence-corrected chi connectivity index (χ4v) is 2.22. The van der Waals surface area contributed by atoms with Gasteiger partial charge in [-0.15, -0.1) is 0 Å². The molecule has 0 spiro atoms. The first-order valence-corrected chi connectivity index (χ1v) is 7.62. The first-order valence-electron chi connectivity index (χ1n) is 7.62. The SMILES string of the molecule is COc1cccc(/C=C/COCC#Cc2ccc3c(c2)OCO3)c1. The van der Waals surface area contributed by atoms with Gasteiger partial charge in [0.1, 0.15) is 12.4 Å². The zero-order valence-electron chi connectivity index (χ0n) is 13.5. The Kier molecular flexibility index (Phi) is 5.39. The molecule has 2 aromatic carbocycles. The summed E-state index contributed by atoms with van der Waals surface area (Å²) < 4.78 is 21.2. The van der Waals surface area contributed by atoms with E-state index in [0.717, 1.165) is 28.4 Å². The van der Waals surface area contributed by atoms with E-state index in [1.165, 1.54) is 0 Å². The Morgan fingerprint density at radius 2 is 2.04 bits per heavy atom. The topological polar surface area (TPSA) is 36.9 Å². The predicted octanol–water partition coefficient (Wildman–Crippen LogP) is 3.51. The van der Waals surface area contributed by atoms with E-state index in [9.17, 15) is 0 Å². The first kappa shape index (κ1) is 16.0. The fourth-order valence-electron chi connectivity index (χ4n) is 2.22. The maximum absolute atomic E-state index is 5.48. The molecule has 3 rings (SSSR count). The Morgan fingerprint density at radius 1 is 1.12 bits per heavy atom. The molecule has 0 N–H and O–H groups in total. The van der Waals surface area contributed by atoms with Crippen LogP contribution in [0.4, 0.5) is 0 Å². The summed E-state index contributed by atoms with van der Waals surface area (Å²) in [4.78, 5) is 0. The van der Waals surface area contributed by atoms with Gasteiger partial charge in [0, 0.05) is 5.56 Å². The van der Waals surface area contributed by atoms with Crippen LogP contribution in [-0.4, -0.2) is 27.1 Å². The van der Waals surface area contributed by atoms with Crippen molar-refractivity contribution in [2.75, 3.05) is 27.1 Å². The summed E-state index contributed by atoms with van der Waals surface area (Å²) in [5.74, 6) is 8.38. The van der Waals surface area contributed by atoms with Crippen molar-refractivity contribution in [2.45, 2.75) is 0 Å². The summed E-state index contributed by atoms with van der Waals surface area (Å²) in [6.07, 6.45) is 3.95. The third kappa shape index (κ3) is 4.31. The van der Waals surface area contributed by atoms with E-state index < -0.39 is 0 Å². The summed E-state index contributed by atoms with van der Waals surface area (Å²) in [7, 11) is 1.66. The third-order valence-electron chi connectivity index (χ3n) is 3.40. The lowest BCUT2D eigenvalue weighted by Crippen LogP contribution is -1.92. The van der Waals surface area contributed by atoms with Crippen LogP contribution in [-0.2, 0) is 4.74 Å². The Morgan fingerprint density at radius 3 is 2.96 bits per heavy atom. The molecule has 0 aliphatic carbocycles. The Hall–Kier alpha value is -2.90. The van der Waals surface area contributed by atoms with E-state index in [1.807, 2.05) is 54.6 Å². The van der Waals surface area contributed by atoms with Crippen molar-refractivity contribution in [3.05, 3.63) is 59.7 Å². The molecule has 122 valence electrons. The highest BCUT2D eigenvalue weighted by atomic mass is 16.7. The highest BCUT2D eigenvalue weighted by Gasteiger charge is 2.12. The summed E-state index contributed by atoms with van der Waals surface area (Å²) in [5, 5.41) is 0. The molecule has 0 saturated heterocycles. The molecule has 0 amide bonds. The number of ether oxygens (including phenoxy) is 4. The van der Waals surface area contributed by atoms with Crippen molar-refractivity contribution < 1.29 is 18.9 Å². The van der Waals surface area contributed by atoms with Gasteiger partial charge in [0.2, 0.25) is 6.79 Å². The summed E-state index contributed by atoms with van der Waals surface area (Å²) in [6.45, 7) is 1.15. The van der Waals surface area contributed by atoms with E-state index in [1.54, 1.807) is 7.11 Å². The summed E-state index contributed by atoms with van der Waals surface area (Å²) in [6, 6.07) is 13.5. The lowest BCUT2D eigenvalue weighted by Gasteiger charge is -2.00. The van der Waals surface area contributed by atoms with Gasteiger partial charge in [-0.05, 0) is 35.9 Å². The number of benzene rings is 2. The molecule has 0 aromatic heterocycles. The van der Waals surface area contributed by atoms with Crippen LogP contribution >= 0.6 is 0 Å². The summed E-state index contributed by atoms with van der Waals surface area (Å²) >= 11 is 0. The second-order valence-electron chi connectivity index (χ2n) is 5.06. The molecule has 0 saturated carbocycles. The van der Waals surface area contributed by atoms with Crippen LogP contribution in [0, 0.1) is 11.8 Å². The Bertz CT molecular complexity index is 784. The normalized spacial score (nSPS) is 12.0. The lowest BCUT2D eigenvalue weighted by molar-refractivity contribution is 0.174. The predicted molar refractivity (Wildman–Crippen MR) is 92.3 cm³/mol. The molecule has 0 fully saturated rings. The van der Waals surface area contributed by atoms with Gasteiger partial charge in [-0.3, -0.25) is 0 Å². The van der Waals surface area contributed by atoms with Crippen molar-refractivity contribution in [1.82, 2.24) is 0 Å². The largest absolute Gasteiger partial charge is 0.497 e. The van der Waals surface area contributed by atoms with Gasteiger partial charge in [-0.1, -0.05) is 36.1 Å². The lowest BCUT2D eigenvalue weighted by atomic mass is 10.2. The summed E-state index contributed by atoms with van der Waals surface area (Å²) in [5.41, 5.74) is 1.96. The molecule has 0 radical (unpaired) electrons. The van der Waals surface area contributed by atoms with Gasteiger partial charge in [0.25, 0.3) is 0 Å².